The van der Waals surface area contributed by atoms with Gasteiger partial charge in [-0.2, -0.15) is 0 Å². The van der Waals surface area contributed by atoms with Crippen LogP contribution in [0.25, 0.3) is 0 Å². The molecule has 0 bridgehead atoms. The second kappa shape index (κ2) is 7.49. The topological polar surface area (TPSA) is 35.6 Å². The van der Waals surface area contributed by atoms with Crippen molar-refractivity contribution in [2.24, 2.45) is 0 Å². The Labute approximate surface area is 99.0 Å². The van der Waals surface area contributed by atoms with Crippen LogP contribution in [0.15, 0.2) is 0 Å². The second-order valence-corrected chi connectivity index (χ2v) is 4.41. The molecular formula is C12H25N3O. The number of piperazine rings is 1. The van der Waals surface area contributed by atoms with E-state index in [1.165, 1.54) is 6.42 Å². The minimum atomic E-state index is 0.115. The minimum absolute atomic E-state index is 0.115. The molecule has 0 radical (unpaired) electrons. The Morgan fingerprint density at radius 1 is 1.12 bits per heavy atom. The van der Waals surface area contributed by atoms with Gasteiger partial charge in [0.05, 0.1) is 0 Å². The standard InChI is InChI=1S/C12H25N3O/c1-3-5-6-13-12(16)15-10-8-14(7-4-2)9-11-15/h3-11H2,1-2H3,(H,13,16). The summed E-state index contributed by atoms with van der Waals surface area (Å²) in [5.41, 5.74) is 0. The van der Waals surface area contributed by atoms with E-state index in [0.717, 1.165) is 52.1 Å². The Morgan fingerprint density at radius 3 is 2.38 bits per heavy atom. The Morgan fingerprint density at radius 2 is 1.81 bits per heavy atom. The third kappa shape index (κ3) is 4.39. The molecule has 0 aromatic rings. The fraction of sp³-hybridized carbons (Fsp3) is 0.917. The highest BCUT2D eigenvalue weighted by molar-refractivity contribution is 5.74. The van der Waals surface area contributed by atoms with Gasteiger partial charge in [0.1, 0.15) is 0 Å². The monoisotopic (exact) mass is 227 g/mol. The van der Waals surface area contributed by atoms with Crippen molar-refractivity contribution in [2.45, 2.75) is 33.1 Å². The first-order valence-electron chi connectivity index (χ1n) is 6.53. The maximum absolute atomic E-state index is 11.7. The first-order valence-corrected chi connectivity index (χ1v) is 6.53. The van der Waals surface area contributed by atoms with Gasteiger partial charge in [0.25, 0.3) is 0 Å². The summed E-state index contributed by atoms with van der Waals surface area (Å²) >= 11 is 0. The van der Waals surface area contributed by atoms with Crippen LogP contribution in [0.4, 0.5) is 4.79 Å². The summed E-state index contributed by atoms with van der Waals surface area (Å²) in [5.74, 6) is 0. The number of nitrogens with one attached hydrogen (secondary N) is 1. The summed E-state index contributed by atoms with van der Waals surface area (Å²) in [4.78, 5) is 16.1. The van der Waals surface area contributed by atoms with Crippen molar-refractivity contribution in [3.8, 4) is 0 Å². The summed E-state index contributed by atoms with van der Waals surface area (Å²) in [7, 11) is 0. The molecule has 0 aliphatic carbocycles. The number of nitrogens with zero attached hydrogens (tertiary/aromatic N) is 2. The molecule has 1 aliphatic heterocycles. The summed E-state index contributed by atoms with van der Waals surface area (Å²) in [6.07, 6.45) is 3.40. The van der Waals surface area contributed by atoms with Gasteiger partial charge in [-0.15, -0.1) is 0 Å². The molecule has 4 nitrogen and oxygen atoms in total. The van der Waals surface area contributed by atoms with Crippen LogP contribution in [0, 0.1) is 0 Å². The van der Waals surface area contributed by atoms with Crippen LogP contribution >= 0.6 is 0 Å². The van der Waals surface area contributed by atoms with Gasteiger partial charge in [-0.1, -0.05) is 20.3 Å². The van der Waals surface area contributed by atoms with Gasteiger partial charge in [-0.3, -0.25) is 4.90 Å². The number of hydrogen-bond acceptors (Lipinski definition) is 2. The van der Waals surface area contributed by atoms with Crippen LogP contribution in [0.5, 0.6) is 0 Å². The van der Waals surface area contributed by atoms with Crippen LogP contribution in [0.3, 0.4) is 0 Å². The number of urea groups is 1. The van der Waals surface area contributed by atoms with Crippen LogP contribution in [0.1, 0.15) is 33.1 Å². The summed E-state index contributed by atoms with van der Waals surface area (Å²) in [6.45, 7) is 10.1. The van der Waals surface area contributed by atoms with E-state index < -0.39 is 0 Å². The lowest BCUT2D eigenvalue weighted by molar-refractivity contribution is 0.139. The number of rotatable bonds is 5. The molecule has 0 saturated carbocycles. The minimum Gasteiger partial charge on any atom is -0.338 e. The van der Waals surface area contributed by atoms with Crippen LogP contribution in [-0.4, -0.2) is 55.1 Å². The zero-order chi connectivity index (χ0) is 11.8. The first kappa shape index (κ1) is 13.3. The van der Waals surface area contributed by atoms with Crippen molar-refractivity contribution >= 4 is 6.03 Å². The fourth-order valence-electron chi connectivity index (χ4n) is 1.97. The molecule has 1 aliphatic rings. The highest BCUT2D eigenvalue weighted by atomic mass is 16.2. The predicted molar refractivity (Wildman–Crippen MR) is 66.6 cm³/mol. The van der Waals surface area contributed by atoms with Gasteiger partial charge in [-0.05, 0) is 19.4 Å². The van der Waals surface area contributed by atoms with Gasteiger partial charge >= 0.3 is 6.03 Å². The van der Waals surface area contributed by atoms with E-state index in [9.17, 15) is 4.79 Å². The fourth-order valence-corrected chi connectivity index (χ4v) is 1.97. The first-order chi connectivity index (χ1) is 7.77. The van der Waals surface area contributed by atoms with Crippen molar-refractivity contribution < 1.29 is 4.79 Å². The molecule has 1 N–H and O–H groups in total. The van der Waals surface area contributed by atoms with E-state index in [0.29, 0.717) is 0 Å². The normalized spacial score (nSPS) is 17.5. The Balaban J connectivity index is 2.17. The van der Waals surface area contributed by atoms with Gasteiger partial charge in [0.2, 0.25) is 0 Å². The Kier molecular flexibility index (Phi) is 6.23. The second-order valence-electron chi connectivity index (χ2n) is 4.41. The number of carbonyl (C=O) groups excluding carboxylic acids is 1. The molecule has 1 saturated heterocycles. The molecule has 1 rings (SSSR count). The highest BCUT2D eigenvalue weighted by Crippen LogP contribution is 2.02. The van der Waals surface area contributed by atoms with E-state index in [1.54, 1.807) is 0 Å². The molecule has 0 unspecified atom stereocenters. The van der Waals surface area contributed by atoms with Crippen molar-refractivity contribution in [1.29, 1.82) is 0 Å². The molecule has 16 heavy (non-hydrogen) atoms. The third-order valence-corrected chi connectivity index (χ3v) is 3.01. The number of amides is 2. The summed E-state index contributed by atoms with van der Waals surface area (Å²) in [6, 6.07) is 0.115. The number of hydrogen-bond donors (Lipinski definition) is 1. The van der Waals surface area contributed by atoms with E-state index in [2.05, 4.69) is 24.1 Å². The zero-order valence-corrected chi connectivity index (χ0v) is 10.7. The number of unbranched alkanes of at least 4 members (excludes halogenated alkanes) is 1. The molecule has 4 heteroatoms. The summed E-state index contributed by atoms with van der Waals surface area (Å²) < 4.78 is 0. The van der Waals surface area contributed by atoms with Gasteiger partial charge in [-0.25, -0.2) is 4.79 Å². The van der Waals surface area contributed by atoms with Crippen molar-refractivity contribution in [3.63, 3.8) is 0 Å². The van der Waals surface area contributed by atoms with Crippen molar-refractivity contribution in [3.05, 3.63) is 0 Å². The van der Waals surface area contributed by atoms with E-state index in [1.807, 2.05) is 4.90 Å². The molecule has 1 fully saturated rings. The van der Waals surface area contributed by atoms with Crippen LogP contribution < -0.4 is 5.32 Å². The Hall–Kier alpha value is -0.770. The maximum Gasteiger partial charge on any atom is 0.317 e. The largest absolute Gasteiger partial charge is 0.338 e. The smallest absolute Gasteiger partial charge is 0.317 e. The highest BCUT2D eigenvalue weighted by Gasteiger charge is 2.19. The van der Waals surface area contributed by atoms with Crippen LogP contribution in [-0.2, 0) is 0 Å². The molecule has 0 atom stereocenters. The van der Waals surface area contributed by atoms with Gasteiger partial charge < -0.3 is 10.2 Å². The molecule has 94 valence electrons. The molecule has 1 heterocycles. The quantitative estimate of drug-likeness (QED) is 0.723. The lowest BCUT2D eigenvalue weighted by Crippen LogP contribution is -2.51. The lowest BCUT2D eigenvalue weighted by atomic mass is 10.3. The predicted octanol–water partition coefficient (Wildman–Crippen LogP) is 1.52. The number of carbonyl (C=O) groups is 1. The molecule has 0 aromatic heterocycles. The average molecular weight is 227 g/mol. The van der Waals surface area contributed by atoms with E-state index in [4.69, 9.17) is 0 Å². The molecule has 0 spiro atoms. The van der Waals surface area contributed by atoms with Crippen molar-refractivity contribution in [1.82, 2.24) is 15.1 Å². The molecule has 2 amide bonds. The lowest BCUT2D eigenvalue weighted by Gasteiger charge is -2.34. The van der Waals surface area contributed by atoms with Crippen molar-refractivity contribution in [2.75, 3.05) is 39.3 Å². The summed E-state index contributed by atoms with van der Waals surface area (Å²) in [5, 5.41) is 2.97. The average Bonchev–Trinajstić information content (AvgIpc) is 2.30. The Bertz CT molecular complexity index is 200. The van der Waals surface area contributed by atoms with Crippen LogP contribution in [0.2, 0.25) is 0 Å². The zero-order valence-electron chi connectivity index (χ0n) is 10.7. The maximum atomic E-state index is 11.7. The van der Waals surface area contributed by atoms with E-state index in [-0.39, 0.29) is 6.03 Å². The molecular weight excluding hydrogens is 202 g/mol. The molecule has 0 aromatic carbocycles. The third-order valence-electron chi connectivity index (χ3n) is 3.01. The van der Waals surface area contributed by atoms with Gasteiger partial charge in [0.15, 0.2) is 0 Å². The SMILES string of the molecule is CCCCNC(=O)N1CCN(CCC)CC1. The van der Waals surface area contributed by atoms with Gasteiger partial charge in [0, 0.05) is 32.7 Å². The van der Waals surface area contributed by atoms with E-state index >= 15 is 0 Å².